The number of anilines is 2. The monoisotopic (exact) mass is 349 g/mol. The molecule has 4 rings (SSSR count). The van der Waals surface area contributed by atoms with Crippen LogP contribution in [-0.2, 0) is 0 Å². The minimum Gasteiger partial charge on any atom is -0.350 e. The molecule has 1 amide bonds. The summed E-state index contributed by atoms with van der Waals surface area (Å²) in [5.74, 6) is 0.419. The topological polar surface area (TPSA) is 111 Å². The second-order valence-electron chi connectivity index (χ2n) is 6.53. The molecule has 0 spiro atoms. The number of aromatic amines is 2. The van der Waals surface area contributed by atoms with Crippen molar-refractivity contribution in [3.63, 3.8) is 0 Å². The molecule has 0 aliphatic heterocycles. The van der Waals surface area contributed by atoms with Gasteiger partial charge in [0.15, 0.2) is 0 Å². The second kappa shape index (κ2) is 6.14. The smallest absolute Gasteiger partial charge is 0.253 e. The van der Waals surface area contributed by atoms with Crippen LogP contribution in [-0.4, -0.2) is 37.1 Å². The molecule has 0 atom stereocenters. The van der Waals surface area contributed by atoms with Crippen molar-refractivity contribution in [2.45, 2.75) is 26.8 Å². The van der Waals surface area contributed by atoms with Gasteiger partial charge in [0.25, 0.3) is 5.91 Å². The van der Waals surface area contributed by atoms with Crippen LogP contribution in [0.25, 0.3) is 21.9 Å². The van der Waals surface area contributed by atoms with Crippen LogP contribution < -0.4 is 10.6 Å². The Balaban J connectivity index is 1.79. The number of hydrogen-bond donors (Lipinski definition) is 4. The molecule has 0 unspecified atom stereocenters. The molecule has 4 N–H and O–H groups in total. The maximum absolute atomic E-state index is 12.5. The van der Waals surface area contributed by atoms with E-state index in [4.69, 9.17) is 0 Å². The summed E-state index contributed by atoms with van der Waals surface area (Å²) in [7, 11) is 0. The number of aromatic nitrogens is 5. The summed E-state index contributed by atoms with van der Waals surface area (Å²) >= 11 is 0. The van der Waals surface area contributed by atoms with Gasteiger partial charge in [-0.05, 0) is 38.5 Å². The largest absolute Gasteiger partial charge is 0.350 e. The average Bonchev–Trinajstić information content (AvgIpc) is 3.21. The number of hydrogen-bond acceptors (Lipinski definition) is 5. The zero-order chi connectivity index (χ0) is 18.3. The van der Waals surface area contributed by atoms with E-state index in [1.807, 2.05) is 32.9 Å². The molecule has 8 heteroatoms. The van der Waals surface area contributed by atoms with Crippen molar-refractivity contribution in [3.8, 4) is 0 Å². The highest BCUT2D eigenvalue weighted by Crippen LogP contribution is 2.29. The third-order valence-corrected chi connectivity index (χ3v) is 4.17. The van der Waals surface area contributed by atoms with E-state index in [0.717, 1.165) is 22.2 Å². The van der Waals surface area contributed by atoms with Crippen molar-refractivity contribution in [1.29, 1.82) is 0 Å². The highest BCUT2D eigenvalue weighted by atomic mass is 16.1. The van der Waals surface area contributed by atoms with Gasteiger partial charge in [0.05, 0.1) is 22.7 Å². The average molecular weight is 349 g/mol. The normalized spacial score (nSPS) is 11.4. The van der Waals surface area contributed by atoms with E-state index in [1.165, 1.54) is 6.33 Å². The van der Waals surface area contributed by atoms with Crippen molar-refractivity contribution >= 4 is 39.3 Å². The molecule has 0 saturated heterocycles. The first-order valence-electron chi connectivity index (χ1n) is 8.36. The Hall–Kier alpha value is -3.42. The molecule has 0 aliphatic carbocycles. The van der Waals surface area contributed by atoms with Crippen LogP contribution >= 0.6 is 0 Å². The molecule has 0 fully saturated rings. The van der Waals surface area contributed by atoms with Gasteiger partial charge in [0.2, 0.25) is 0 Å². The molecular weight excluding hydrogens is 330 g/mol. The molecule has 3 heterocycles. The molecule has 0 bridgehead atoms. The molecule has 4 aromatic rings. The minimum atomic E-state index is -0.161. The van der Waals surface area contributed by atoms with Crippen LogP contribution in [0.3, 0.4) is 0 Å². The Labute approximate surface area is 149 Å². The zero-order valence-corrected chi connectivity index (χ0v) is 14.7. The fourth-order valence-electron chi connectivity index (χ4n) is 2.94. The van der Waals surface area contributed by atoms with E-state index in [2.05, 4.69) is 35.8 Å². The highest BCUT2D eigenvalue weighted by molar-refractivity contribution is 6.10. The lowest BCUT2D eigenvalue weighted by atomic mass is 10.1. The summed E-state index contributed by atoms with van der Waals surface area (Å²) in [5.41, 5.74) is 4.03. The van der Waals surface area contributed by atoms with Crippen molar-refractivity contribution in [1.82, 2.24) is 30.5 Å². The first-order valence-corrected chi connectivity index (χ1v) is 8.36. The Morgan fingerprint density at radius 1 is 1.23 bits per heavy atom. The van der Waals surface area contributed by atoms with Crippen molar-refractivity contribution in [3.05, 3.63) is 42.0 Å². The van der Waals surface area contributed by atoms with E-state index in [9.17, 15) is 4.79 Å². The lowest BCUT2D eigenvalue weighted by Gasteiger charge is -2.12. The Bertz CT molecular complexity index is 1110. The molecule has 3 aromatic heterocycles. The standard InChI is InChI=1S/C18H19N7O/c1-9(2)23-18(26)12-7-19-16-15(12)17(21-8-20-16)24-13-5-11-6-22-25-14(11)4-10(13)3/h4-9H,1-3H3,(H,22,25)(H,23,26)(H2,19,20,21,24). The maximum atomic E-state index is 12.5. The van der Waals surface area contributed by atoms with Gasteiger partial charge >= 0.3 is 0 Å². The van der Waals surface area contributed by atoms with Crippen LogP contribution in [0.1, 0.15) is 29.8 Å². The van der Waals surface area contributed by atoms with Gasteiger partial charge < -0.3 is 15.6 Å². The summed E-state index contributed by atoms with van der Waals surface area (Å²) in [4.78, 5) is 24.1. The highest BCUT2D eigenvalue weighted by Gasteiger charge is 2.18. The third-order valence-electron chi connectivity index (χ3n) is 4.17. The molecule has 0 radical (unpaired) electrons. The van der Waals surface area contributed by atoms with E-state index < -0.39 is 0 Å². The summed E-state index contributed by atoms with van der Waals surface area (Å²) in [5, 5.41) is 14.9. The van der Waals surface area contributed by atoms with Gasteiger partial charge in [-0.1, -0.05) is 0 Å². The van der Waals surface area contributed by atoms with Crippen molar-refractivity contribution < 1.29 is 4.79 Å². The van der Waals surface area contributed by atoms with Gasteiger partial charge in [-0.2, -0.15) is 5.10 Å². The van der Waals surface area contributed by atoms with Gasteiger partial charge in [0.1, 0.15) is 17.8 Å². The van der Waals surface area contributed by atoms with Gasteiger partial charge in [-0.15, -0.1) is 0 Å². The van der Waals surface area contributed by atoms with E-state index >= 15 is 0 Å². The number of nitrogens with one attached hydrogen (secondary N) is 4. The quantitative estimate of drug-likeness (QED) is 0.452. The van der Waals surface area contributed by atoms with Gasteiger partial charge in [0, 0.05) is 23.3 Å². The van der Waals surface area contributed by atoms with Crippen LogP contribution in [0.2, 0.25) is 0 Å². The third kappa shape index (κ3) is 2.75. The molecular formula is C18H19N7O. The Kier molecular flexibility index (Phi) is 3.80. The molecule has 132 valence electrons. The predicted octanol–water partition coefficient (Wildman–Crippen LogP) is 3.02. The SMILES string of the molecule is Cc1cc2[nH]ncc2cc1Nc1ncnc2[nH]cc(C(=O)NC(C)C)c12. The van der Waals surface area contributed by atoms with Gasteiger partial charge in [-0.3, -0.25) is 9.89 Å². The van der Waals surface area contributed by atoms with Gasteiger partial charge in [-0.25, -0.2) is 9.97 Å². The molecule has 26 heavy (non-hydrogen) atoms. The molecule has 8 nitrogen and oxygen atoms in total. The van der Waals surface area contributed by atoms with Crippen LogP contribution in [0.4, 0.5) is 11.5 Å². The Morgan fingerprint density at radius 2 is 2.08 bits per heavy atom. The minimum absolute atomic E-state index is 0.0410. The number of benzene rings is 1. The van der Waals surface area contributed by atoms with Crippen LogP contribution in [0, 0.1) is 6.92 Å². The lowest BCUT2D eigenvalue weighted by molar-refractivity contribution is 0.0945. The second-order valence-corrected chi connectivity index (χ2v) is 6.53. The summed E-state index contributed by atoms with van der Waals surface area (Å²) in [6, 6.07) is 4.06. The van der Waals surface area contributed by atoms with Crippen LogP contribution in [0.5, 0.6) is 0 Å². The van der Waals surface area contributed by atoms with Crippen LogP contribution in [0.15, 0.2) is 30.9 Å². The molecule has 0 saturated carbocycles. The number of rotatable bonds is 4. The zero-order valence-electron chi connectivity index (χ0n) is 14.7. The number of carbonyl (C=O) groups is 1. The number of aryl methyl sites for hydroxylation is 1. The Morgan fingerprint density at radius 3 is 2.88 bits per heavy atom. The summed E-state index contributed by atoms with van der Waals surface area (Å²) < 4.78 is 0. The predicted molar refractivity (Wildman–Crippen MR) is 101 cm³/mol. The number of amides is 1. The number of fused-ring (bicyclic) bond motifs is 2. The maximum Gasteiger partial charge on any atom is 0.253 e. The van der Waals surface area contributed by atoms with E-state index in [-0.39, 0.29) is 11.9 Å². The first-order chi connectivity index (χ1) is 12.5. The number of carbonyl (C=O) groups excluding carboxylic acids is 1. The fraction of sp³-hybridized carbons (Fsp3) is 0.222. The molecule has 0 aliphatic rings. The summed E-state index contributed by atoms with van der Waals surface area (Å²) in [6.45, 7) is 5.85. The lowest BCUT2D eigenvalue weighted by Crippen LogP contribution is -2.29. The van der Waals surface area contributed by atoms with E-state index in [1.54, 1.807) is 12.4 Å². The fourth-order valence-corrected chi connectivity index (χ4v) is 2.94. The van der Waals surface area contributed by atoms with E-state index in [0.29, 0.717) is 22.4 Å². The first kappa shape index (κ1) is 16.1. The molecule has 1 aromatic carbocycles. The number of nitrogens with zero attached hydrogens (tertiary/aromatic N) is 3. The summed E-state index contributed by atoms with van der Waals surface area (Å²) in [6.07, 6.45) is 4.90. The van der Waals surface area contributed by atoms with Crippen molar-refractivity contribution in [2.24, 2.45) is 0 Å². The number of H-pyrrole nitrogens is 2. The van der Waals surface area contributed by atoms with Crippen molar-refractivity contribution in [2.75, 3.05) is 5.32 Å².